The number of piperidine rings is 1. The largest absolute Gasteiger partial charge is 0.392 e. The van der Waals surface area contributed by atoms with E-state index in [1.54, 1.807) is 0 Å². The van der Waals surface area contributed by atoms with Crippen molar-refractivity contribution in [3.8, 4) is 0 Å². The van der Waals surface area contributed by atoms with Gasteiger partial charge in [-0.15, -0.1) is 0 Å². The fourth-order valence-electron chi connectivity index (χ4n) is 5.30. The molecule has 7 heteroatoms. The second-order valence-corrected chi connectivity index (χ2v) is 8.62. The van der Waals surface area contributed by atoms with Gasteiger partial charge in [0, 0.05) is 37.3 Å². The van der Waals surface area contributed by atoms with Gasteiger partial charge in [-0.3, -0.25) is 9.59 Å². The molecule has 3 fully saturated rings. The minimum atomic E-state index is -0.573. The molecule has 5 atom stereocenters. The van der Waals surface area contributed by atoms with Gasteiger partial charge in [-0.2, -0.15) is 0 Å². The smallest absolute Gasteiger partial charge is 0.240 e. The molecule has 5 rings (SSSR count). The maximum Gasteiger partial charge on any atom is 0.240 e. The van der Waals surface area contributed by atoms with Crippen LogP contribution in [-0.4, -0.2) is 66.2 Å². The van der Waals surface area contributed by atoms with Crippen molar-refractivity contribution in [3.05, 3.63) is 29.8 Å². The van der Waals surface area contributed by atoms with Crippen molar-refractivity contribution >= 4 is 17.5 Å². The van der Waals surface area contributed by atoms with Crippen LogP contribution >= 0.6 is 0 Å². The van der Waals surface area contributed by atoms with E-state index in [0.29, 0.717) is 38.5 Å². The van der Waals surface area contributed by atoms with Crippen LogP contribution in [0.25, 0.3) is 0 Å². The number of para-hydroxylation sites is 1. The first-order chi connectivity index (χ1) is 13.0. The Kier molecular flexibility index (Phi) is 3.74. The van der Waals surface area contributed by atoms with Crippen LogP contribution < -0.4 is 16.0 Å². The molecule has 144 valence electrons. The van der Waals surface area contributed by atoms with Gasteiger partial charge in [0.25, 0.3) is 0 Å². The summed E-state index contributed by atoms with van der Waals surface area (Å²) in [7, 11) is 0. The number of nitrogens with one attached hydrogen (secondary N) is 1. The number of fused-ring (bicyclic) bond motifs is 3. The summed E-state index contributed by atoms with van der Waals surface area (Å²) < 4.78 is 0. The summed E-state index contributed by atoms with van der Waals surface area (Å²) in [6.45, 7) is 2.71. The molecule has 1 aliphatic carbocycles. The zero-order valence-corrected chi connectivity index (χ0v) is 15.3. The standard InChI is InChI=1S/C20H26N4O3/c21-18(26)14-8-20(9-16(20)25)11-22-17(14)19(27)23-5-6-24-13(10-23)7-12-3-1-2-4-15(12)24/h1-4,13-14,16-17,22,25H,5-11H2,(H2,21,26)/t13-,14?,16?,17?,20?/m0/s1. The number of hydrogen-bond acceptors (Lipinski definition) is 5. The number of carbonyl (C=O) groups excluding carboxylic acids is 2. The van der Waals surface area contributed by atoms with E-state index in [2.05, 4.69) is 34.5 Å². The average molecular weight is 370 g/mol. The first kappa shape index (κ1) is 17.0. The second kappa shape index (κ2) is 5.94. The monoisotopic (exact) mass is 370 g/mol. The number of carbonyl (C=O) groups is 2. The molecule has 2 amide bonds. The molecule has 0 aromatic heterocycles. The van der Waals surface area contributed by atoms with Crippen LogP contribution in [0.1, 0.15) is 18.4 Å². The fraction of sp³-hybridized carbons (Fsp3) is 0.600. The normalized spacial score (nSPS) is 37.1. The van der Waals surface area contributed by atoms with Crippen LogP contribution in [0.3, 0.4) is 0 Å². The molecule has 1 spiro atoms. The number of piperazine rings is 1. The molecule has 27 heavy (non-hydrogen) atoms. The van der Waals surface area contributed by atoms with Crippen molar-refractivity contribution in [2.75, 3.05) is 31.1 Å². The summed E-state index contributed by atoms with van der Waals surface area (Å²) in [5.41, 5.74) is 7.98. The summed E-state index contributed by atoms with van der Waals surface area (Å²) in [5, 5.41) is 13.2. The van der Waals surface area contributed by atoms with Crippen LogP contribution in [0.5, 0.6) is 0 Å². The van der Waals surface area contributed by atoms with Gasteiger partial charge in [0.1, 0.15) is 0 Å². The number of nitrogens with two attached hydrogens (primary N) is 1. The van der Waals surface area contributed by atoms with E-state index in [0.717, 1.165) is 13.0 Å². The number of aliphatic hydroxyl groups is 1. The SMILES string of the molecule is NC(=O)C1CC2(CNC1C(=O)N1CCN3c4ccccc4C[C@H]3C1)CC2O. The Bertz CT molecular complexity index is 799. The Morgan fingerprint density at radius 2 is 2.00 bits per heavy atom. The third-order valence-electron chi connectivity index (χ3n) is 7.03. The van der Waals surface area contributed by atoms with Crippen molar-refractivity contribution < 1.29 is 14.7 Å². The summed E-state index contributed by atoms with van der Waals surface area (Å²) in [6.07, 6.45) is 1.75. The molecule has 1 aromatic carbocycles. The lowest BCUT2D eigenvalue weighted by Gasteiger charge is -2.43. The molecule has 1 aromatic rings. The molecule has 1 saturated carbocycles. The van der Waals surface area contributed by atoms with Crippen molar-refractivity contribution in [1.82, 2.24) is 10.2 Å². The van der Waals surface area contributed by atoms with E-state index in [4.69, 9.17) is 5.73 Å². The predicted molar refractivity (Wildman–Crippen MR) is 100 cm³/mol. The molecule has 3 heterocycles. The highest BCUT2D eigenvalue weighted by Crippen LogP contribution is 2.52. The minimum Gasteiger partial charge on any atom is -0.392 e. The summed E-state index contributed by atoms with van der Waals surface area (Å²) in [4.78, 5) is 29.5. The quantitative estimate of drug-likeness (QED) is 0.650. The summed E-state index contributed by atoms with van der Waals surface area (Å²) in [6, 6.07) is 8.16. The molecule has 3 aliphatic heterocycles. The van der Waals surface area contributed by atoms with Gasteiger partial charge in [0.2, 0.25) is 11.8 Å². The first-order valence-corrected chi connectivity index (χ1v) is 9.83. The average Bonchev–Trinajstić information content (AvgIpc) is 3.13. The Morgan fingerprint density at radius 3 is 2.74 bits per heavy atom. The maximum atomic E-state index is 13.2. The molecule has 0 bridgehead atoms. The Hall–Kier alpha value is -2.12. The third kappa shape index (κ3) is 2.63. The Balaban J connectivity index is 1.30. The molecule has 4 N–H and O–H groups in total. The van der Waals surface area contributed by atoms with Crippen molar-refractivity contribution in [3.63, 3.8) is 0 Å². The van der Waals surface area contributed by atoms with Crippen molar-refractivity contribution in [2.45, 2.75) is 37.5 Å². The first-order valence-electron chi connectivity index (χ1n) is 9.83. The lowest BCUT2D eigenvalue weighted by molar-refractivity contribution is -0.141. The van der Waals surface area contributed by atoms with E-state index in [1.807, 2.05) is 4.90 Å². The maximum absolute atomic E-state index is 13.2. The zero-order valence-electron chi connectivity index (χ0n) is 15.3. The molecule has 4 aliphatic rings. The fourth-order valence-corrected chi connectivity index (χ4v) is 5.30. The van der Waals surface area contributed by atoms with E-state index >= 15 is 0 Å². The van der Waals surface area contributed by atoms with Crippen LogP contribution in [0.2, 0.25) is 0 Å². The molecular weight excluding hydrogens is 344 g/mol. The predicted octanol–water partition coefficient (Wildman–Crippen LogP) is -0.526. The van der Waals surface area contributed by atoms with Gasteiger partial charge in [0.05, 0.1) is 24.1 Å². The van der Waals surface area contributed by atoms with E-state index < -0.39 is 17.9 Å². The number of anilines is 1. The van der Waals surface area contributed by atoms with Crippen molar-refractivity contribution in [2.24, 2.45) is 17.1 Å². The molecular formula is C20H26N4O3. The van der Waals surface area contributed by atoms with Crippen LogP contribution in [-0.2, 0) is 16.0 Å². The lowest BCUT2D eigenvalue weighted by Crippen LogP contribution is -2.62. The number of rotatable bonds is 2. The Morgan fingerprint density at radius 1 is 1.22 bits per heavy atom. The van der Waals surface area contributed by atoms with Crippen LogP contribution in [0.4, 0.5) is 5.69 Å². The molecule has 0 radical (unpaired) electrons. The van der Waals surface area contributed by atoms with Gasteiger partial charge >= 0.3 is 0 Å². The number of aliphatic hydroxyl groups excluding tert-OH is 1. The van der Waals surface area contributed by atoms with Gasteiger partial charge in [-0.25, -0.2) is 0 Å². The van der Waals surface area contributed by atoms with Gasteiger partial charge in [-0.05, 0) is 30.9 Å². The number of nitrogens with zero attached hydrogens (tertiary/aromatic N) is 2. The summed E-state index contributed by atoms with van der Waals surface area (Å²) >= 11 is 0. The Labute approximate surface area is 158 Å². The lowest BCUT2D eigenvalue weighted by atomic mass is 9.81. The number of primary amides is 1. The van der Waals surface area contributed by atoms with Gasteiger partial charge < -0.3 is 26.0 Å². The highest BCUT2D eigenvalue weighted by Gasteiger charge is 2.59. The molecule has 4 unspecified atom stereocenters. The number of hydrogen-bond donors (Lipinski definition) is 3. The zero-order chi connectivity index (χ0) is 18.8. The van der Waals surface area contributed by atoms with E-state index in [9.17, 15) is 14.7 Å². The van der Waals surface area contributed by atoms with Crippen LogP contribution in [0.15, 0.2) is 24.3 Å². The van der Waals surface area contributed by atoms with Gasteiger partial charge in [-0.1, -0.05) is 18.2 Å². The highest BCUT2D eigenvalue weighted by atomic mass is 16.3. The van der Waals surface area contributed by atoms with E-state index in [-0.39, 0.29) is 17.4 Å². The highest BCUT2D eigenvalue weighted by molar-refractivity contribution is 5.90. The molecule has 2 saturated heterocycles. The minimum absolute atomic E-state index is 0.0283. The van der Waals surface area contributed by atoms with Gasteiger partial charge in [0.15, 0.2) is 0 Å². The topological polar surface area (TPSA) is 98.9 Å². The molecule has 7 nitrogen and oxygen atoms in total. The number of amides is 2. The second-order valence-electron chi connectivity index (χ2n) is 8.62. The summed E-state index contributed by atoms with van der Waals surface area (Å²) in [5.74, 6) is -1.03. The number of benzene rings is 1. The van der Waals surface area contributed by atoms with Crippen LogP contribution in [0, 0.1) is 11.3 Å². The third-order valence-corrected chi connectivity index (χ3v) is 7.03. The van der Waals surface area contributed by atoms with E-state index in [1.165, 1.54) is 11.3 Å². The van der Waals surface area contributed by atoms with Crippen molar-refractivity contribution in [1.29, 1.82) is 0 Å².